The van der Waals surface area contributed by atoms with Gasteiger partial charge in [-0.3, -0.25) is 0 Å². The standard InChI is InChI=1S/C14H16BrN3O/c15-12-5-3-10(4-6-12)8-13-17-14(19-18-13)11-2-1-7-16-9-11/h3-6,11,16H,1-2,7-9H2. The predicted octanol–water partition coefficient (Wildman–Crippen LogP) is 2.89. The van der Waals surface area contributed by atoms with Gasteiger partial charge in [-0.1, -0.05) is 33.2 Å². The lowest BCUT2D eigenvalue weighted by atomic mass is 10.00. The summed E-state index contributed by atoms with van der Waals surface area (Å²) in [5, 5.41) is 7.45. The van der Waals surface area contributed by atoms with Gasteiger partial charge in [-0.25, -0.2) is 0 Å². The molecular weight excluding hydrogens is 306 g/mol. The average molecular weight is 322 g/mol. The summed E-state index contributed by atoms with van der Waals surface area (Å²) in [6.07, 6.45) is 3.03. The van der Waals surface area contributed by atoms with Gasteiger partial charge in [0.2, 0.25) is 5.89 Å². The summed E-state index contributed by atoms with van der Waals surface area (Å²) in [5.41, 5.74) is 1.19. The number of hydrogen-bond donors (Lipinski definition) is 1. The Hall–Kier alpha value is -1.20. The van der Waals surface area contributed by atoms with Crippen LogP contribution in [0.4, 0.5) is 0 Å². The van der Waals surface area contributed by atoms with Crippen molar-refractivity contribution in [3.63, 3.8) is 0 Å². The summed E-state index contributed by atoms with van der Waals surface area (Å²) in [4.78, 5) is 4.52. The zero-order valence-electron chi connectivity index (χ0n) is 10.6. The second-order valence-corrected chi connectivity index (χ2v) is 5.81. The maximum absolute atomic E-state index is 5.39. The molecule has 2 aromatic rings. The zero-order valence-corrected chi connectivity index (χ0v) is 12.2. The maximum Gasteiger partial charge on any atom is 0.231 e. The van der Waals surface area contributed by atoms with Crippen molar-refractivity contribution < 1.29 is 4.52 Å². The topological polar surface area (TPSA) is 51.0 Å². The first-order valence-electron chi connectivity index (χ1n) is 6.59. The van der Waals surface area contributed by atoms with E-state index >= 15 is 0 Å². The van der Waals surface area contributed by atoms with Gasteiger partial charge in [-0.2, -0.15) is 4.98 Å². The number of aromatic nitrogens is 2. The van der Waals surface area contributed by atoms with Crippen molar-refractivity contribution in [2.75, 3.05) is 13.1 Å². The zero-order chi connectivity index (χ0) is 13.1. The fourth-order valence-electron chi connectivity index (χ4n) is 2.35. The van der Waals surface area contributed by atoms with E-state index < -0.39 is 0 Å². The van der Waals surface area contributed by atoms with Gasteiger partial charge in [0, 0.05) is 17.4 Å². The Balaban J connectivity index is 1.68. The van der Waals surface area contributed by atoms with Crippen LogP contribution in [0.1, 0.15) is 36.0 Å². The molecule has 2 heterocycles. The smallest absolute Gasteiger partial charge is 0.231 e. The van der Waals surface area contributed by atoms with Crippen molar-refractivity contribution in [3.05, 3.63) is 46.0 Å². The van der Waals surface area contributed by atoms with Crippen LogP contribution in [-0.4, -0.2) is 23.2 Å². The van der Waals surface area contributed by atoms with Gasteiger partial charge in [0.25, 0.3) is 0 Å². The fourth-order valence-corrected chi connectivity index (χ4v) is 2.62. The first-order chi connectivity index (χ1) is 9.31. The Morgan fingerprint density at radius 2 is 2.16 bits per heavy atom. The monoisotopic (exact) mass is 321 g/mol. The molecule has 0 aliphatic carbocycles. The second-order valence-electron chi connectivity index (χ2n) is 4.90. The van der Waals surface area contributed by atoms with Crippen LogP contribution in [0.15, 0.2) is 33.3 Å². The van der Waals surface area contributed by atoms with Crippen LogP contribution in [0.5, 0.6) is 0 Å². The first-order valence-corrected chi connectivity index (χ1v) is 7.38. The number of nitrogens with zero attached hydrogens (tertiary/aromatic N) is 2. The number of rotatable bonds is 3. The molecule has 1 fully saturated rings. The molecular formula is C14H16BrN3O. The molecule has 1 unspecified atom stereocenters. The minimum absolute atomic E-state index is 0.375. The van der Waals surface area contributed by atoms with Crippen LogP contribution in [0.25, 0.3) is 0 Å². The largest absolute Gasteiger partial charge is 0.339 e. The lowest BCUT2D eigenvalue weighted by Crippen LogP contribution is -2.28. The molecule has 1 N–H and O–H groups in total. The second kappa shape index (κ2) is 5.84. The van der Waals surface area contributed by atoms with E-state index in [4.69, 9.17) is 4.52 Å². The Kier molecular flexibility index (Phi) is 3.94. The number of hydrogen-bond acceptors (Lipinski definition) is 4. The molecule has 19 heavy (non-hydrogen) atoms. The van der Waals surface area contributed by atoms with Gasteiger partial charge in [0.05, 0.1) is 5.92 Å². The first kappa shape index (κ1) is 12.8. The maximum atomic E-state index is 5.39. The van der Waals surface area contributed by atoms with E-state index in [9.17, 15) is 0 Å². The van der Waals surface area contributed by atoms with E-state index in [1.807, 2.05) is 12.1 Å². The molecule has 5 heteroatoms. The Bertz CT molecular complexity index is 532. The van der Waals surface area contributed by atoms with Gasteiger partial charge in [0.1, 0.15) is 0 Å². The van der Waals surface area contributed by atoms with Gasteiger partial charge in [-0.15, -0.1) is 0 Å². The minimum Gasteiger partial charge on any atom is -0.339 e. The summed E-state index contributed by atoms with van der Waals surface area (Å²) in [6.45, 7) is 2.04. The molecule has 1 atom stereocenters. The summed E-state index contributed by atoms with van der Waals surface area (Å²) in [7, 11) is 0. The highest BCUT2D eigenvalue weighted by atomic mass is 79.9. The SMILES string of the molecule is Brc1ccc(Cc2noc(C3CCCNC3)n2)cc1. The molecule has 4 nitrogen and oxygen atoms in total. The lowest BCUT2D eigenvalue weighted by Gasteiger charge is -2.18. The molecule has 3 rings (SSSR count). The highest BCUT2D eigenvalue weighted by Gasteiger charge is 2.21. The average Bonchev–Trinajstić information content (AvgIpc) is 2.91. The molecule has 0 spiro atoms. The van der Waals surface area contributed by atoms with Crippen molar-refractivity contribution in [2.24, 2.45) is 0 Å². The Morgan fingerprint density at radius 1 is 1.32 bits per heavy atom. The van der Waals surface area contributed by atoms with Crippen molar-refractivity contribution in [2.45, 2.75) is 25.2 Å². The van der Waals surface area contributed by atoms with Crippen LogP contribution < -0.4 is 5.32 Å². The minimum atomic E-state index is 0.375. The Morgan fingerprint density at radius 3 is 2.89 bits per heavy atom. The molecule has 1 aliphatic rings. The molecule has 100 valence electrons. The van der Waals surface area contributed by atoms with E-state index in [0.29, 0.717) is 5.92 Å². The van der Waals surface area contributed by atoms with Crippen molar-refractivity contribution in [3.8, 4) is 0 Å². The number of piperidine rings is 1. The van der Waals surface area contributed by atoms with Crippen molar-refractivity contribution >= 4 is 15.9 Å². The number of benzene rings is 1. The predicted molar refractivity (Wildman–Crippen MR) is 76.1 cm³/mol. The molecule has 1 aromatic heterocycles. The van der Waals surface area contributed by atoms with Crippen LogP contribution >= 0.6 is 15.9 Å². The highest BCUT2D eigenvalue weighted by molar-refractivity contribution is 9.10. The van der Waals surface area contributed by atoms with Crippen LogP contribution in [0, 0.1) is 0 Å². The fraction of sp³-hybridized carbons (Fsp3) is 0.429. The molecule has 1 saturated heterocycles. The lowest BCUT2D eigenvalue weighted by molar-refractivity contribution is 0.320. The van der Waals surface area contributed by atoms with Crippen LogP contribution in [-0.2, 0) is 6.42 Å². The third-order valence-electron chi connectivity index (χ3n) is 3.41. The van der Waals surface area contributed by atoms with E-state index in [-0.39, 0.29) is 0 Å². The third-order valence-corrected chi connectivity index (χ3v) is 3.93. The van der Waals surface area contributed by atoms with Crippen molar-refractivity contribution in [1.29, 1.82) is 0 Å². The van der Waals surface area contributed by atoms with E-state index in [1.54, 1.807) is 0 Å². The quantitative estimate of drug-likeness (QED) is 0.944. The highest BCUT2D eigenvalue weighted by Crippen LogP contribution is 2.22. The molecule has 0 bridgehead atoms. The van der Waals surface area contributed by atoms with E-state index in [0.717, 1.165) is 42.1 Å². The molecule has 1 aliphatic heterocycles. The molecule has 0 saturated carbocycles. The van der Waals surface area contributed by atoms with E-state index in [2.05, 4.69) is 43.5 Å². The van der Waals surface area contributed by atoms with E-state index in [1.165, 1.54) is 12.0 Å². The van der Waals surface area contributed by atoms with Gasteiger partial charge in [0.15, 0.2) is 5.82 Å². The van der Waals surface area contributed by atoms with Crippen LogP contribution in [0.2, 0.25) is 0 Å². The summed E-state index contributed by atoms with van der Waals surface area (Å²) in [5.74, 6) is 1.92. The molecule has 0 amide bonds. The number of nitrogens with one attached hydrogen (secondary N) is 1. The molecule has 0 radical (unpaired) electrons. The summed E-state index contributed by atoms with van der Waals surface area (Å²) in [6, 6.07) is 8.20. The van der Waals surface area contributed by atoms with Gasteiger partial charge < -0.3 is 9.84 Å². The van der Waals surface area contributed by atoms with Gasteiger partial charge in [-0.05, 0) is 37.1 Å². The summed E-state index contributed by atoms with van der Waals surface area (Å²) >= 11 is 3.43. The third kappa shape index (κ3) is 3.22. The van der Waals surface area contributed by atoms with Crippen molar-refractivity contribution in [1.82, 2.24) is 15.5 Å². The van der Waals surface area contributed by atoms with Gasteiger partial charge >= 0.3 is 0 Å². The normalized spacial score (nSPS) is 19.5. The van der Waals surface area contributed by atoms with Crippen LogP contribution in [0.3, 0.4) is 0 Å². The summed E-state index contributed by atoms with van der Waals surface area (Å²) < 4.78 is 6.47. The number of halogens is 1. The Labute approximate surface area is 120 Å². The molecule has 1 aromatic carbocycles.